The smallest absolute Gasteiger partial charge is 0.243 e. The molecule has 1 atom stereocenters. The highest BCUT2D eigenvalue weighted by Crippen LogP contribution is 2.25. The van der Waals surface area contributed by atoms with Gasteiger partial charge in [-0.05, 0) is 30.2 Å². The van der Waals surface area contributed by atoms with Crippen molar-refractivity contribution in [1.82, 2.24) is 9.21 Å². The lowest BCUT2D eigenvalue weighted by molar-refractivity contribution is -0.109. The molecule has 3 rings (SSSR count). The molecule has 31 heavy (non-hydrogen) atoms. The van der Waals surface area contributed by atoms with Crippen LogP contribution in [0.5, 0.6) is 0 Å². The molecule has 2 aromatic rings. The fourth-order valence-electron chi connectivity index (χ4n) is 3.55. The SMILES string of the molecule is CC(=O)SC[C@H](C)N(CCN1CCOCC1)S(=O)(=O)c1ccc(-c2ccccc2)cc1. The average Bonchev–Trinajstić information content (AvgIpc) is 2.79. The number of hydrogen-bond donors (Lipinski definition) is 0. The zero-order chi connectivity index (χ0) is 22.3. The molecule has 0 unspecified atom stereocenters. The largest absolute Gasteiger partial charge is 0.379 e. The number of carbonyl (C=O) groups is 1. The van der Waals surface area contributed by atoms with Crippen LogP contribution in [0.4, 0.5) is 0 Å². The normalized spacial score (nSPS) is 16.4. The van der Waals surface area contributed by atoms with Crippen molar-refractivity contribution >= 4 is 26.9 Å². The summed E-state index contributed by atoms with van der Waals surface area (Å²) in [4.78, 5) is 13.9. The van der Waals surface area contributed by atoms with Gasteiger partial charge in [0.05, 0.1) is 18.1 Å². The van der Waals surface area contributed by atoms with Crippen molar-refractivity contribution in [2.45, 2.75) is 24.8 Å². The number of sulfonamides is 1. The average molecular weight is 463 g/mol. The van der Waals surface area contributed by atoms with Crippen LogP contribution in [0.1, 0.15) is 13.8 Å². The van der Waals surface area contributed by atoms with Crippen molar-refractivity contribution in [3.63, 3.8) is 0 Å². The zero-order valence-electron chi connectivity index (χ0n) is 18.1. The Morgan fingerprint density at radius 2 is 1.68 bits per heavy atom. The molecule has 1 heterocycles. The summed E-state index contributed by atoms with van der Waals surface area (Å²) in [5.74, 6) is 0.430. The third kappa shape index (κ3) is 6.63. The van der Waals surface area contributed by atoms with Crippen molar-refractivity contribution in [3.8, 4) is 11.1 Å². The van der Waals surface area contributed by atoms with Crippen LogP contribution in [0, 0.1) is 0 Å². The van der Waals surface area contributed by atoms with Gasteiger partial charge in [0, 0.05) is 44.9 Å². The molecule has 0 aromatic heterocycles. The maximum Gasteiger partial charge on any atom is 0.243 e. The van der Waals surface area contributed by atoms with E-state index in [1.54, 1.807) is 12.1 Å². The fraction of sp³-hybridized carbons (Fsp3) is 0.435. The summed E-state index contributed by atoms with van der Waals surface area (Å²) in [7, 11) is -3.70. The number of nitrogens with zero attached hydrogens (tertiary/aromatic N) is 2. The van der Waals surface area contributed by atoms with Gasteiger partial charge in [-0.3, -0.25) is 9.69 Å². The van der Waals surface area contributed by atoms with Crippen molar-refractivity contribution < 1.29 is 17.9 Å². The van der Waals surface area contributed by atoms with E-state index >= 15 is 0 Å². The molecule has 0 amide bonds. The van der Waals surface area contributed by atoms with Crippen molar-refractivity contribution in [3.05, 3.63) is 54.6 Å². The first-order valence-corrected chi connectivity index (χ1v) is 12.9. The summed E-state index contributed by atoms with van der Waals surface area (Å²) in [5, 5.41) is -0.00964. The Kier molecular flexibility index (Phi) is 8.68. The van der Waals surface area contributed by atoms with Crippen LogP contribution in [-0.2, 0) is 19.6 Å². The third-order valence-corrected chi connectivity index (χ3v) is 8.41. The molecule has 0 bridgehead atoms. The Hall–Kier alpha value is -1.71. The molecule has 6 nitrogen and oxygen atoms in total. The number of thioether (sulfide) groups is 1. The van der Waals surface area contributed by atoms with Crippen molar-refractivity contribution in [1.29, 1.82) is 0 Å². The van der Waals surface area contributed by atoms with E-state index in [-0.39, 0.29) is 16.1 Å². The quantitative estimate of drug-likeness (QED) is 0.569. The van der Waals surface area contributed by atoms with Gasteiger partial charge in [0.25, 0.3) is 0 Å². The summed E-state index contributed by atoms with van der Waals surface area (Å²) in [6.45, 7) is 7.33. The van der Waals surface area contributed by atoms with Gasteiger partial charge < -0.3 is 4.74 Å². The van der Waals surface area contributed by atoms with Gasteiger partial charge in [-0.1, -0.05) is 54.2 Å². The van der Waals surface area contributed by atoms with Gasteiger partial charge >= 0.3 is 0 Å². The van der Waals surface area contributed by atoms with Gasteiger partial charge in [0.2, 0.25) is 10.0 Å². The van der Waals surface area contributed by atoms with E-state index in [2.05, 4.69) is 4.90 Å². The second kappa shape index (κ2) is 11.2. The lowest BCUT2D eigenvalue weighted by atomic mass is 10.1. The number of carbonyl (C=O) groups excluding carboxylic acids is 1. The van der Waals surface area contributed by atoms with E-state index in [4.69, 9.17) is 4.74 Å². The van der Waals surface area contributed by atoms with Gasteiger partial charge in [0.1, 0.15) is 0 Å². The second-order valence-electron chi connectivity index (χ2n) is 7.61. The fourth-order valence-corrected chi connectivity index (χ4v) is 5.92. The molecule has 1 saturated heterocycles. The maximum atomic E-state index is 13.5. The highest BCUT2D eigenvalue weighted by Gasteiger charge is 2.30. The summed E-state index contributed by atoms with van der Waals surface area (Å²) in [5.41, 5.74) is 2.02. The maximum absolute atomic E-state index is 13.5. The first kappa shape index (κ1) is 23.9. The first-order chi connectivity index (χ1) is 14.9. The Morgan fingerprint density at radius 1 is 1.06 bits per heavy atom. The monoisotopic (exact) mass is 462 g/mol. The molecule has 0 N–H and O–H groups in total. The zero-order valence-corrected chi connectivity index (χ0v) is 19.7. The van der Waals surface area contributed by atoms with E-state index < -0.39 is 10.0 Å². The third-order valence-electron chi connectivity index (χ3n) is 5.33. The molecule has 0 spiro atoms. The minimum atomic E-state index is -3.70. The highest BCUT2D eigenvalue weighted by molar-refractivity contribution is 8.13. The van der Waals surface area contributed by atoms with Gasteiger partial charge in [0.15, 0.2) is 5.12 Å². The predicted octanol–water partition coefficient (Wildman–Crippen LogP) is 3.34. The molecule has 1 aliphatic rings. The molecule has 1 fully saturated rings. The summed E-state index contributed by atoms with van der Waals surface area (Å²) in [6, 6.07) is 16.6. The van der Waals surface area contributed by atoms with E-state index in [9.17, 15) is 13.2 Å². The van der Waals surface area contributed by atoms with Gasteiger partial charge in [-0.25, -0.2) is 8.42 Å². The van der Waals surface area contributed by atoms with Crippen LogP contribution in [0.3, 0.4) is 0 Å². The standard InChI is InChI=1S/C23H30N2O4S2/c1-19(18-30-20(2)26)25(13-12-24-14-16-29-17-15-24)31(27,28)23-10-8-22(9-11-23)21-6-4-3-5-7-21/h3-11,19H,12-18H2,1-2H3/t19-/m0/s1. The minimum Gasteiger partial charge on any atom is -0.379 e. The Balaban J connectivity index is 1.80. The second-order valence-corrected chi connectivity index (χ2v) is 10.7. The van der Waals surface area contributed by atoms with Crippen LogP contribution >= 0.6 is 11.8 Å². The van der Waals surface area contributed by atoms with E-state index in [1.807, 2.05) is 49.4 Å². The number of rotatable bonds is 9. The Morgan fingerprint density at radius 3 is 2.29 bits per heavy atom. The first-order valence-electron chi connectivity index (χ1n) is 10.5. The number of hydrogen-bond acceptors (Lipinski definition) is 6. The van der Waals surface area contributed by atoms with Crippen molar-refractivity contribution in [2.24, 2.45) is 0 Å². The van der Waals surface area contributed by atoms with E-state index in [0.717, 1.165) is 36.0 Å². The van der Waals surface area contributed by atoms with Crippen LogP contribution in [0.25, 0.3) is 11.1 Å². The molecule has 2 aromatic carbocycles. The van der Waals surface area contributed by atoms with E-state index in [0.29, 0.717) is 32.1 Å². The molecule has 0 radical (unpaired) electrons. The molecule has 1 aliphatic heterocycles. The molecule has 168 valence electrons. The summed E-state index contributed by atoms with van der Waals surface area (Å²) >= 11 is 1.16. The molecular weight excluding hydrogens is 432 g/mol. The molecular formula is C23H30N2O4S2. The van der Waals surface area contributed by atoms with Crippen LogP contribution in [0.15, 0.2) is 59.5 Å². The number of ether oxygens (including phenoxy) is 1. The topological polar surface area (TPSA) is 66.9 Å². The Labute approximate surface area is 189 Å². The van der Waals surface area contributed by atoms with Gasteiger partial charge in [-0.15, -0.1) is 0 Å². The summed E-state index contributed by atoms with van der Waals surface area (Å²) < 4.78 is 34.0. The highest BCUT2D eigenvalue weighted by atomic mass is 32.2. The lowest BCUT2D eigenvalue weighted by Crippen LogP contribution is -2.46. The number of benzene rings is 2. The Bertz CT molecular complexity index is 943. The van der Waals surface area contributed by atoms with Crippen molar-refractivity contribution in [2.75, 3.05) is 45.1 Å². The molecule has 0 saturated carbocycles. The molecule has 0 aliphatic carbocycles. The molecule has 8 heteroatoms. The van der Waals surface area contributed by atoms with Crippen LogP contribution < -0.4 is 0 Å². The van der Waals surface area contributed by atoms with E-state index in [1.165, 1.54) is 11.2 Å². The lowest BCUT2D eigenvalue weighted by Gasteiger charge is -2.32. The van der Waals surface area contributed by atoms with Gasteiger partial charge in [-0.2, -0.15) is 4.31 Å². The summed E-state index contributed by atoms with van der Waals surface area (Å²) in [6.07, 6.45) is 0. The van der Waals surface area contributed by atoms with Crippen LogP contribution in [0.2, 0.25) is 0 Å². The number of morpholine rings is 1. The van der Waals surface area contributed by atoms with Crippen LogP contribution in [-0.4, -0.2) is 73.9 Å². The minimum absolute atomic E-state index is 0.00964. The predicted molar refractivity (Wildman–Crippen MR) is 126 cm³/mol.